The third-order valence-electron chi connectivity index (χ3n) is 3.80. The SMILES string of the molecule is CN(Cc1ccccc1)c1nc(-c2ccccc2)ccc1C(=O)O. The second kappa shape index (κ2) is 6.96. The molecule has 0 aliphatic rings. The highest BCUT2D eigenvalue weighted by molar-refractivity contribution is 5.94. The molecule has 0 aliphatic carbocycles. The molecule has 3 aromatic rings. The molecule has 4 heteroatoms. The Labute approximate surface area is 141 Å². The first-order valence-electron chi connectivity index (χ1n) is 7.70. The standard InChI is InChI=1S/C20H18N2O2/c1-22(14-15-8-4-2-5-9-15)19-17(20(23)24)12-13-18(21-19)16-10-6-3-7-11-16/h2-13H,14H2,1H3,(H,23,24). The van der Waals surface area contributed by atoms with E-state index in [0.29, 0.717) is 12.4 Å². The van der Waals surface area contributed by atoms with E-state index in [1.807, 2.05) is 72.6 Å². The van der Waals surface area contributed by atoms with E-state index in [-0.39, 0.29) is 5.56 Å². The predicted octanol–water partition coefficient (Wildman–Crippen LogP) is 4.08. The summed E-state index contributed by atoms with van der Waals surface area (Å²) in [4.78, 5) is 18.0. The van der Waals surface area contributed by atoms with Gasteiger partial charge in [0, 0.05) is 19.2 Å². The zero-order valence-electron chi connectivity index (χ0n) is 13.4. The lowest BCUT2D eigenvalue weighted by Crippen LogP contribution is -2.21. The van der Waals surface area contributed by atoms with Crippen molar-refractivity contribution in [2.45, 2.75) is 6.54 Å². The quantitative estimate of drug-likeness (QED) is 0.770. The summed E-state index contributed by atoms with van der Waals surface area (Å²) in [7, 11) is 1.86. The highest BCUT2D eigenvalue weighted by Crippen LogP contribution is 2.25. The topological polar surface area (TPSA) is 53.4 Å². The van der Waals surface area contributed by atoms with Gasteiger partial charge in [0.05, 0.1) is 5.69 Å². The number of hydrogen-bond donors (Lipinski definition) is 1. The maximum absolute atomic E-state index is 11.6. The average molecular weight is 318 g/mol. The van der Waals surface area contributed by atoms with E-state index < -0.39 is 5.97 Å². The smallest absolute Gasteiger partial charge is 0.339 e. The van der Waals surface area contributed by atoms with Crippen molar-refractivity contribution in [3.63, 3.8) is 0 Å². The van der Waals surface area contributed by atoms with Crippen molar-refractivity contribution in [2.75, 3.05) is 11.9 Å². The molecule has 0 amide bonds. The second-order valence-electron chi connectivity index (χ2n) is 5.58. The molecular formula is C20H18N2O2. The molecule has 0 radical (unpaired) electrons. The van der Waals surface area contributed by atoms with Gasteiger partial charge < -0.3 is 10.0 Å². The molecule has 2 aromatic carbocycles. The van der Waals surface area contributed by atoms with Crippen LogP contribution in [0.25, 0.3) is 11.3 Å². The van der Waals surface area contributed by atoms with Crippen LogP contribution < -0.4 is 4.90 Å². The number of rotatable bonds is 5. The molecule has 0 spiro atoms. The fourth-order valence-corrected chi connectivity index (χ4v) is 2.61. The maximum Gasteiger partial charge on any atom is 0.339 e. The van der Waals surface area contributed by atoms with E-state index in [2.05, 4.69) is 4.98 Å². The molecule has 1 aromatic heterocycles. The van der Waals surface area contributed by atoms with Gasteiger partial charge in [0.2, 0.25) is 0 Å². The van der Waals surface area contributed by atoms with Gasteiger partial charge >= 0.3 is 5.97 Å². The van der Waals surface area contributed by atoms with E-state index in [1.54, 1.807) is 12.1 Å². The molecule has 4 nitrogen and oxygen atoms in total. The zero-order valence-corrected chi connectivity index (χ0v) is 13.4. The zero-order chi connectivity index (χ0) is 16.9. The number of nitrogens with zero attached hydrogens (tertiary/aromatic N) is 2. The van der Waals surface area contributed by atoms with E-state index in [1.165, 1.54) is 0 Å². The van der Waals surface area contributed by atoms with Crippen LogP contribution in [0.2, 0.25) is 0 Å². The molecule has 1 heterocycles. The van der Waals surface area contributed by atoms with Gasteiger partial charge in [-0.2, -0.15) is 0 Å². The van der Waals surface area contributed by atoms with Crippen molar-refractivity contribution in [3.05, 3.63) is 83.9 Å². The van der Waals surface area contributed by atoms with Crippen LogP contribution >= 0.6 is 0 Å². The Morgan fingerprint density at radius 1 is 0.958 bits per heavy atom. The fourth-order valence-electron chi connectivity index (χ4n) is 2.61. The molecule has 0 saturated heterocycles. The number of carboxylic acids is 1. The van der Waals surface area contributed by atoms with Crippen molar-refractivity contribution in [2.24, 2.45) is 0 Å². The van der Waals surface area contributed by atoms with Crippen LogP contribution in [0, 0.1) is 0 Å². The van der Waals surface area contributed by atoms with Crippen molar-refractivity contribution < 1.29 is 9.90 Å². The summed E-state index contributed by atoms with van der Waals surface area (Å²) in [5.74, 6) is -0.510. The second-order valence-corrected chi connectivity index (χ2v) is 5.58. The van der Waals surface area contributed by atoms with Gasteiger partial charge in [-0.3, -0.25) is 0 Å². The summed E-state index contributed by atoms with van der Waals surface area (Å²) < 4.78 is 0. The summed E-state index contributed by atoms with van der Waals surface area (Å²) in [5, 5.41) is 9.48. The molecular weight excluding hydrogens is 300 g/mol. The van der Waals surface area contributed by atoms with Crippen LogP contribution in [0.3, 0.4) is 0 Å². The number of aromatic nitrogens is 1. The first-order valence-corrected chi connectivity index (χ1v) is 7.70. The molecule has 0 saturated carbocycles. The number of pyridine rings is 1. The van der Waals surface area contributed by atoms with Gasteiger partial charge in [0.1, 0.15) is 11.4 Å². The molecule has 3 rings (SSSR count). The minimum Gasteiger partial charge on any atom is -0.478 e. The van der Waals surface area contributed by atoms with Crippen molar-refractivity contribution in [1.29, 1.82) is 0 Å². The third-order valence-corrected chi connectivity index (χ3v) is 3.80. The van der Waals surface area contributed by atoms with Gasteiger partial charge in [-0.15, -0.1) is 0 Å². The van der Waals surface area contributed by atoms with Crippen molar-refractivity contribution >= 4 is 11.8 Å². The van der Waals surface area contributed by atoms with Crippen molar-refractivity contribution in [1.82, 2.24) is 4.98 Å². The number of carboxylic acid groups (broad SMARTS) is 1. The highest BCUT2D eigenvalue weighted by atomic mass is 16.4. The third kappa shape index (κ3) is 3.43. The highest BCUT2D eigenvalue weighted by Gasteiger charge is 2.17. The molecule has 0 fully saturated rings. The lowest BCUT2D eigenvalue weighted by molar-refractivity contribution is 0.0697. The monoisotopic (exact) mass is 318 g/mol. The molecule has 0 unspecified atom stereocenters. The van der Waals surface area contributed by atoms with Gasteiger partial charge in [0.15, 0.2) is 0 Å². The molecule has 0 aliphatic heterocycles. The summed E-state index contributed by atoms with van der Waals surface area (Å²) in [5.41, 5.74) is 3.02. The predicted molar refractivity (Wildman–Crippen MR) is 95.2 cm³/mol. The van der Waals surface area contributed by atoms with Crippen LogP contribution in [0.5, 0.6) is 0 Å². The normalized spacial score (nSPS) is 10.4. The van der Waals surface area contributed by atoms with Crippen LogP contribution in [-0.4, -0.2) is 23.1 Å². The van der Waals surface area contributed by atoms with Crippen LogP contribution in [0.15, 0.2) is 72.8 Å². The average Bonchev–Trinajstić information content (AvgIpc) is 2.62. The lowest BCUT2D eigenvalue weighted by atomic mass is 10.1. The van der Waals surface area contributed by atoms with E-state index in [0.717, 1.165) is 16.8 Å². The van der Waals surface area contributed by atoms with E-state index in [4.69, 9.17) is 0 Å². The maximum atomic E-state index is 11.6. The minimum absolute atomic E-state index is 0.202. The number of anilines is 1. The summed E-state index contributed by atoms with van der Waals surface area (Å²) in [6.45, 7) is 0.590. The largest absolute Gasteiger partial charge is 0.478 e. The van der Waals surface area contributed by atoms with Gasteiger partial charge in [0.25, 0.3) is 0 Å². The summed E-state index contributed by atoms with van der Waals surface area (Å²) in [6, 6.07) is 23.0. The fraction of sp³-hybridized carbons (Fsp3) is 0.100. The van der Waals surface area contributed by atoms with Crippen LogP contribution in [-0.2, 0) is 6.54 Å². The Hall–Kier alpha value is -3.14. The number of benzene rings is 2. The Balaban J connectivity index is 1.99. The van der Waals surface area contributed by atoms with Crippen LogP contribution in [0.1, 0.15) is 15.9 Å². The van der Waals surface area contributed by atoms with Gasteiger partial charge in [-0.1, -0.05) is 60.7 Å². The van der Waals surface area contributed by atoms with Crippen molar-refractivity contribution in [3.8, 4) is 11.3 Å². The van der Waals surface area contributed by atoms with Crippen LogP contribution in [0.4, 0.5) is 5.82 Å². The molecule has 24 heavy (non-hydrogen) atoms. The van der Waals surface area contributed by atoms with E-state index in [9.17, 15) is 9.90 Å². The lowest BCUT2D eigenvalue weighted by Gasteiger charge is -2.21. The first kappa shape index (κ1) is 15.7. The molecule has 0 atom stereocenters. The summed E-state index contributed by atoms with van der Waals surface area (Å²) >= 11 is 0. The number of carbonyl (C=O) groups is 1. The van der Waals surface area contributed by atoms with E-state index >= 15 is 0 Å². The number of aromatic carboxylic acids is 1. The van der Waals surface area contributed by atoms with Gasteiger partial charge in [-0.05, 0) is 17.7 Å². The Morgan fingerprint density at radius 2 is 1.58 bits per heavy atom. The first-order chi connectivity index (χ1) is 11.6. The number of hydrogen-bond acceptors (Lipinski definition) is 3. The van der Waals surface area contributed by atoms with Gasteiger partial charge in [-0.25, -0.2) is 9.78 Å². The molecule has 120 valence electrons. The Morgan fingerprint density at radius 3 is 2.21 bits per heavy atom. The minimum atomic E-state index is -0.975. The Bertz CT molecular complexity index is 833. The summed E-state index contributed by atoms with van der Waals surface area (Å²) in [6.07, 6.45) is 0. The Kier molecular flexibility index (Phi) is 4.57. The molecule has 1 N–H and O–H groups in total. The molecule has 0 bridgehead atoms.